The molecule has 0 bridgehead atoms. The molecule has 2 heterocycles. The molecule has 0 radical (unpaired) electrons. The van der Waals surface area contributed by atoms with Crippen LogP contribution >= 0.6 is 11.3 Å². The third-order valence-corrected chi connectivity index (χ3v) is 5.32. The summed E-state index contributed by atoms with van der Waals surface area (Å²) >= 11 is 1.42. The number of nitrogens with one attached hydrogen (secondary N) is 1. The van der Waals surface area contributed by atoms with E-state index in [1.165, 1.54) is 24.9 Å². The first-order chi connectivity index (χ1) is 12.1. The molecule has 9 heteroatoms. The minimum absolute atomic E-state index is 0.172. The van der Waals surface area contributed by atoms with Gasteiger partial charge in [0, 0.05) is 4.88 Å². The Kier molecular flexibility index (Phi) is 5.32. The topological polar surface area (TPSA) is 108 Å². The average molecular weight is 365 g/mol. The zero-order valence-electron chi connectivity index (χ0n) is 13.9. The molecule has 0 fully saturated rings. The van der Waals surface area contributed by atoms with Gasteiger partial charge in [-0.05, 0) is 31.2 Å². The Hall–Kier alpha value is -2.42. The van der Waals surface area contributed by atoms with Gasteiger partial charge in [0.05, 0.1) is 17.9 Å². The smallest absolute Gasteiger partial charge is 0.341 e. The average Bonchev–Trinajstić information content (AvgIpc) is 3.10. The molecule has 134 valence electrons. The van der Waals surface area contributed by atoms with Gasteiger partial charge in [0.2, 0.25) is 6.20 Å². The number of amides is 1. The van der Waals surface area contributed by atoms with Crippen LogP contribution in [0, 0.1) is 0 Å². The van der Waals surface area contributed by atoms with Crippen molar-refractivity contribution in [2.75, 3.05) is 12.4 Å². The number of carbonyl (C=O) groups excluding carboxylic acids is 2. The van der Waals surface area contributed by atoms with Crippen molar-refractivity contribution in [1.82, 2.24) is 5.27 Å². The first-order valence-corrected chi connectivity index (χ1v) is 8.96. The molecule has 25 heavy (non-hydrogen) atoms. The van der Waals surface area contributed by atoms with E-state index >= 15 is 0 Å². The van der Waals surface area contributed by atoms with Crippen LogP contribution in [0.4, 0.5) is 5.00 Å². The van der Waals surface area contributed by atoms with Gasteiger partial charge in [-0.2, -0.15) is 0 Å². The van der Waals surface area contributed by atoms with Gasteiger partial charge in [-0.25, -0.2) is 4.79 Å². The van der Waals surface area contributed by atoms with Gasteiger partial charge in [0.25, 0.3) is 12.5 Å². The number of methoxy groups -OCH3 is 1. The summed E-state index contributed by atoms with van der Waals surface area (Å²) in [7, 11) is 1.34. The van der Waals surface area contributed by atoms with Crippen LogP contribution in [0.2, 0.25) is 0 Å². The molecule has 0 saturated carbocycles. The van der Waals surface area contributed by atoms with Crippen LogP contribution in [-0.2, 0) is 28.9 Å². The van der Waals surface area contributed by atoms with Crippen molar-refractivity contribution in [3.05, 3.63) is 22.2 Å². The Morgan fingerprint density at radius 1 is 1.36 bits per heavy atom. The number of hydrogen-bond donors (Lipinski definition) is 1. The molecule has 0 saturated heterocycles. The van der Waals surface area contributed by atoms with Crippen LogP contribution < -0.4 is 15.1 Å². The molecule has 0 unspecified atom stereocenters. The summed E-state index contributed by atoms with van der Waals surface area (Å²) in [5.41, 5.74) is 1.44. The molecule has 0 aromatic carbocycles. The van der Waals surface area contributed by atoms with Crippen molar-refractivity contribution in [3.63, 3.8) is 0 Å². The number of aryl methyl sites for hydroxylation is 1. The lowest BCUT2D eigenvalue weighted by atomic mass is 9.96. The van der Waals surface area contributed by atoms with Crippen molar-refractivity contribution >= 4 is 28.2 Å². The normalized spacial score (nSPS) is 14.3. The molecule has 2 aromatic rings. The molecule has 0 atom stereocenters. The zero-order chi connectivity index (χ0) is 17.8. The van der Waals surface area contributed by atoms with Crippen LogP contribution in [0.1, 0.15) is 46.5 Å². The summed E-state index contributed by atoms with van der Waals surface area (Å²) in [6.07, 6.45) is 7.20. The molecule has 1 aliphatic rings. The van der Waals surface area contributed by atoms with E-state index in [-0.39, 0.29) is 6.54 Å². The first-order valence-electron chi connectivity index (χ1n) is 8.14. The molecular weight excluding hydrogens is 346 g/mol. The molecule has 0 spiro atoms. The summed E-state index contributed by atoms with van der Waals surface area (Å²) in [4.78, 5) is 25.6. The Morgan fingerprint density at radius 3 is 2.80 bits per heavy atom. The van der Waals surface area contributed by atoms with Crippen LogP contribution in [0.15, 0.2) is 10.7 Å². The highest BCUT2D eigenvalue weighted by molar-refractivity contribution is 7.17. The second-order valence-electron chi connectivity index (χ2n) is 5.88. The lowest BCUT2D eigenvalue weighted by molar-refractivity contribution is -0.750. The summed E-state index contributed by atoms with van der Waals surface area (Å²) in [5, 5.41) is 17.7. The number of carbonyl (C=O) groups is 2. The van der Waals surface area contributed by atoms with Gasteiger partial charge in [0.15, 0.2) is 0 Å². The number of hydrogen-bond acceptors (Lipinski definition) is 7. The highest BCUT2D eigenvalue weighted by atomic mass is 32.1. The lowest BCUT2D eigenvalue weighted by Gasteiger charge is -2.10. The van der Waals surface area contributed by atoms with Crippen LogP contribution in [0.3, 0.4) is 0 Å². The van der Waals surface area contributed by atoms with Gasteiger partial charge >= 0.3 is 5.97 Å². The summed E-state index contributed by atoms with van der Waals surface area (Å²) in [6, 6.07) is 0. The van der Waals surface area contributed by atoms with E-state index in [1.807, 2.05) is 0 Å². The SMILES string of the molecule is COC(=O)c1c(NC(=O)C[n+]2cc([O-])on2)sc2c1CCCCCC2. The molecule has 0 aliphatic heterocycles. The number of anilines is 1. The van der Waals surface area contributed by atoms with Crippen LogP contribution in [0.25, 0.3) is 0 Å². The van der Waals surface area contributed by atoms with Gasteiger partial charge in [-0.3, -0.25) is 4.79 Å². The van der Waals surface area contributed by atoms with Gasteiger partial charge in [-0.1, -0.05) is 17.5 Å². The summed E-state index contributed by atoms with van der Waals surface area (Å²) < 4.78 is 10.4. The minimum atomic E-state index is -0.623. The monoisotopic (exact) mass is 365 g/mol. The zero-order valence-corrected chi connectivity index (χ0v) is 14.7. The molecule has 3 rings (SSSR count). The quantitative estimate of drug-likeness (QED) is 0.644. The van der Waals surface area contributed by atoms with Gasteiger partial charge in [-0.15, -0.1) is 11.3 Å². The van der Waals surface area contributed by atoms with E-state index in [2.05, 4.69) is 15.1 Å². The number of rotatable bonds is 4. The standard InChI is InChI=1S/C16H19N3O5S/c1-23-16(22)14-10-6-4-2-3-5-7-11(10)25-15(14)17-12(20)8-19-9-13(21)24-18-19/h9H,2-8H2,1H3,(H-,17,18,20,21,22). The van der Waals surface area contributed by atoms with E-state index in [1.54, 1.807) is 0 Å². The van der Waals surface area contributed by atoms with Crippen molar-refractivity contribution in [2.45, 2.75) is 45.1 Å². The van der Waals surface area contributed by atoms with Crippen molar-refractivity contribution in [3.8, 4) is 5.95 Å². The largest absolute Gasteiger partial charge is 0.539 e. The third-order valence-electron chi connectivity index (χ3n) is 4.11. The first kappa shape index (κ1) is 17.4. The highest BCUT2D eigenvalue weighted by Gasteiger charge is 2.26. The molecule has 1 amide bonds. The molecule has 1 N–H and O–H groups in total. The van der Waals surface area contributed by atoms with E-state index in [9.17, 15) is 14.7 Å². The van der Waals surface area contributed by atoms with Gasteiger partial charge in [0.1, 0.15) is 10.9 Å². The fraction of sp³-hybridized carbons (Fsp3) is 0.500. The Bertz CT molecular complexity index is 783. The predicted molar refractivity (Wildman–Crippen MR) is 86.3 cm³/mol. The number of thiophene rings is 1. The Balaban J connectivity index is 1.85. The van der Waals surface area contributed by atoms with E-state index in [4.69, 9.17) is 4.74 Å². The maximum atomic E-state index is 12.3. The van der Waals surface area contributed by atoms with Crippen LogP contribution in [0.5, 0.6) is 5.95 Å². The second kappa shape index (κ2) is 7.64. The van der Waals surface area contributed by atoms with Crippen molar-refractivity contribution in [1.29, 1.82) is 0 Å². The van der Waals surface area contributed by atoms with Gasteiger partial charge < -0.3 is 19.7 Å². The molecular formula is C16H19N3O5S. The van der Waals surface area contributed by atoms with Crippen molar-refractivity contribution < 1.29 is 28.6 Å². The number of aromatic nitrogens is 2. The Morgan fingerprint density at radius 2 is 2.12 bits per heavy atom. The number of ether oxygens (including phenoxy) is 1. The number of fused-ring (bicyclic) bond motifs is 1. The van der Waals surface area contributed by atoms with E-state index < -0.39 is 17.8 Å². The highest BCUT2D eigenvalue weighted by Crippen LogP contribution is 2.37. The third kappa shape index (κ3) is 3.98. The van der Waals surface area contributed by atoms with E-state index in [0.29, 0.717) is 10.6 Å². The fourth-order valence-electron chi connectivity index (χ4n) is 2.97. The summed E-state index contributed by atoms with van der Waals surface area (Å²) in [5.74, 6) is -1.45. The predicted octanol–water partition coefficient (Wildman–Crippen LogP) is 1.18. The molecule has 8 nitrogen and oxygen atoms in total. The van der Waals surface area contributed by atoms with Crippen LogP contribution in [-0.4, -0.2) is 24.3 Å². The maximum Gasteiger partial charge on any atom is 0.341 e. The number of nitrogens with zero attached hydrogens (tertiary/aromatic N) is 2. The summed E-state index contributed by atoms with van der Waals surface area (Å²) in [6.45, 7) is -0.172. The molecule has 2 aromatic heterocycles. The van der Waals surface area contributed by atoms with E-state index in [0.717, 1.165) is 53.4 Å². The lowest BCUT2D eigenvalue weighted by Crippen LogP contribution is -2.41. The number of esters is 1. The maximum absolute atomic E-state index is 12.3. The fourth-order valence-corrected chi connectivity index (χ4v) is 4.27. The second-order valence-corrected chi connectivity index (χ2v) is 6.99. The van der Waals surface area contributed by atoms with Crippen molar-refractivity contribution in [2.24, 2.45) is 0 Å². The minimum Gasteiger partial charge on any atom is -0.539 e. The molecule has 1 aliphatic carbocycles. The Labute approximate surface area is 148 Å².